The standard InChI is InChI=1S/C9H11F.C4H8O.C2H6/c1-6-4-8(3)9(10)5-7(6)2;1-3-4(2)5;1-2/h4-5H,1-3H3;3H2,1-2H3;1-2H3. The van der Waals surface area contributed by atoms with Crippen LogP contribution in [0.2, 0.25) is 0 Å². The van der Waals surface area contributed by atoms with Gasteiger partial charge in [0.1, 0.15) is 11.6 Å². The van der Waals surface area contributed by atoms with E-state index >= 15 is 0 Å². The zero-order chi connectivity index (χ0) is 14.0. The molecular formula is C15H25FO. The fraction of sp³-hybridized carbons (Fsp3) is 0.533. The molecule has 0 heterocycles. The minimum absolute atomic E-state index is 0.108. The van der Waals surface area contributed by atoms with Crippen LogP contribution in [0, 0.1) is 26.6 Å². The predicted molar refractivity (Wildman–Crippen MR) is 72.9 cm³/mol. The van der Waals surface area contributed by atoms with Gasteiger partial charge in [0.05, 0.1) is 0 Å². The highest BCUT2D eigenvalue weighted by Crippen LogP contribution is 2.12. The van der Waals surface area contributed by atoms with E-state index in [0.717, 1.165) is 16.7 Å². The lowest BCUT2D eigenvalue weighted by Gasteiger charge is -2.01. The number of Topliss-reactive ketones (excluding diaryl/α,β-unsaturated/α-hetero) is 1. The third-order valence-electron chi connectivity index (χ3n) is 2.27. The highest BCUT2D eigenvalue weighted by Gasteiger charge is 1.98. The fourth-order valence-corrected chi connectivity index (χ4v) is 0.925. The highest BCUT2D eigenvalue weighted by molar-refractivity contribution is 5.74. The summed E-state index contributed by atoms with van der Waals surface area (Å²) < 4.78 is 12.8. The summed E-state index contributed by atoms with van der Waals surface area (Å²) in [6, 6.07) is 3.44. The van der Waals surface area contributed by atoms with Crippen LogP contribution in [0.25, 0.3) is 0 Å². The largest absolute Gasteiger partial charge is 0.300 e. The van der Waals surface area contributed by atoms with Crippen molar-refractivity contribution in [3.63, 3.8) is 0 Å². The third-order valence-corrected chi connectivity index (χ3v) is 2.27. The smallest absolute Gasteiger partial charge is 0.129 e. The van der Waals surface area contributed by atoms with Crippen LogP contribution in [0.15, 0.2) is 12.1 Å². The Bertz CT molecular complexity index is 293. The lowest BCUT2D eigenvalue weighted by Crippen LogP contribution is -1.87. The van der Waals surface area contributed by atoms with E-state index in [1.54, 1.807) is 19.9 Å². The van der Waals surface area contributed by atoms with Crippen molar-refractivity contribution in [2.75, 3.05) is 0 Å². The van der Waals surface area contributed by atoms with E-state index in [1.165, 1.54) is 0 Å². The first-order valence-electron chi connectivity index (χ1n) is 6.11. The molecule has 17 heavy (non-hydrogen) atoms. The van der Waals surface area contributed by atoms with Gasteiger partial charge in [-0.15, -0.1) is 0 Å². The second kappa shape index (κ2) is 10.0. The maximum absolute atomic E-state index is 12.8. The van der Waals surface area contributed by atoms with E-state index in [1.807, 2.05) is 40.7 Å². The molecular weight excluding hydrogens is 215 g/mol. The molecule has 0 aromatic heterocycles. The van der Waals surface area contributed by atoms with Gasteiger partial charge in [-0.2, -0.15) is 0 Å². The maximum atomic E-state index is 12.8. The number of rotatable bonds is 1. The first kappa shape index (κ1) is 18.2. The average molecular weight is 240 g/mol. The van der Waals surface area contributed by atoms with Crippen molar-refractivity contribution in [1.82, 2.24) is 0 Å². The van der Waals surface area contributed by atoms with Crippen LogP contribution in [-0.4, -0.2) is 5.78 Å². The Labute approximate surface area is 105 Å². The van der Waals surface area contributed by atoms with Gasteiger partial charge in [-0.25, -0.2) is 4.39 Å². The molecule has 0 amide bonds. The summed E-state index contributed by atoms with van der Waals surface area (Å²) in [5.41, 5.74) is 2.89. The van der Waals surface area contributed by atoms with Crippen molar-refractivity contribution in [2.45, 2.75) is 54.9 Å². The van der Waals surface area contributed by atoms with Crippen LogP contribution in [0.5, 0.6) is 0 Å². The molecule has 0 aliphatic heterocycles. The molecule has 0 aliphatic rings. The summed E-state index contributed by atoms with van der Waals surface area (Å²) in [7, 11) is 0. The molecule has 1 nitrogen and oxygen atoms in total. The summed E-state index contributed by atoms with van der Waals surface area (Å²) in [5, 5.41) is 0. The quantitative estimate of drug-likeness (QED) is 0.691. The molecule has 0 spiro atoms. The molecule has 0 bridgehead atoms. The van der Waals surface area contributed by atoms with E-state index in [2.05, 4.69) is 0 Å². The topological polar surface area (TPSA) is 17.1 Å². The highest BCUT2D eigenvalue weighted by atomic mass is 19.1. The average Bonchev–Trinajstić information content (AvgIpc) is 2.30. The van der Waals surface area contributed by atoms with E-state index < -0.39 is 0 Å². The monoisotopic (exact) mass is 240 g/mol. The van der Waals surface area contributed by atoms with Gasteiger partial charge in [0, 0.05) is 6.42 Å². The molecule has 1 aromatic carbocycles. The van der Waals surface area contributed by atoms with Gasteiger partial charge in [0.15, 0.2) is 0 Å². The van der Waals surface area contributed by atoms with E-state index in [9.17, 15) is 9.18 Å². The zero-order valence-corrected chi connectivity index (χ0v) is 12.1. The molecule has 0 atom stereocenters. The summed E-state index contributed by atoms with van der Waals surface area (Å²) in [4.78, 5) is 9.81. The maximum Gasteiger partial charge on any atom is 0.129 e. The van der Waals surface area contributed by atoms with Crippen molar-refractivity contribution in [3.05, 3.63) is 34.6 Å². The van der Waals surface area contributed by atoms with Gasteiger partial charge in [-0.05, 0) is 50.5 Å². The Hall–Kier alpha value is -1.18. The molecule has 98 valence electrons. The van der Waals surface area contributed by atoms with Gasteiger partial charge in [0.2, 0.25) is 0 Å². The summed E-state index contributed by atoms with van der Waals surface area (Å²) in [6.07, 6.45) is 0.667. The number of hydrogen-bond donors (Lipinski definition) is 0. The number of carbonyl (C=O) groups is 1. The summed E-state index contributed by atoms with van der Waals surface area (Å²) in [6.45, 7) is 13.1. The minimum Gasteiger partial charge on any atom is -0.300 e. The van der Waals surface area contributed by atoms with Crippen molar-refractivity contribution in [2.24, 2.45) is 0 Å². The molecule has 0 radical (unpaired) electrons. The first-order chi connectivity index (χ1) is 7.88. The molecule has 1 aromatic rings. The lowest BCUT2D eigenvalue weighted by molar-refractivity contribution is -0.116. The number of ketones is 1. The minimum atomic E-state index is -0.108. The molecule has 0 saturated heterocycles. The van der Waals surface area contributed by atoms with Crippen LogP contribution < -0.4 is 0 Å². The normalized spacial score (nSPS) is 8.47. The Kier molecular flexibility index (Phi) is 10.7. The lowest BCUT2D eigenvalue weighted by atomic mass is 10.1. The molecule has 0 aliphatic carbocycles. The SMILES string of the molecule is CC.CCC(C)=O.Cc1cc(C)c(F)cc1C. The number of hydrogen-bond acceptors (Lipinski definition) is 1. The van der Waals surface area contributed by atoms with Crippen LogP contribution in [0.3, 0.4) is 0 Å². The molecule has 1 rings (SSSR count). The Morgan fingerprint density at radius 1 is 1.06 bits per heavy atom. The first-order valence-corrected chi connectivity index (χ1v) is 6.11. The molecule has 0 unspecified atom stereocenters. The van der Waals surface area contributed by atoms with E-state index in [-0.39, 0.29) is 11.6 Å². The second-order valence-electron chi connectivity index (χ2n) is 3.74. The van der Waals surface area contributed by atoms with Crippen LogP contribution in [-0.2, 0) is 4.79 Å². The van der Waals surface area contributed by atoms with Gasteiger partial charge >= 0.3 is 0 Å². The number of benzene rings is 1. The molecule has 0 fully saturated rings. The van der Waals surface area contributed by atoms with Crippen LogP contribution >= 0.6 is 0 Å². The van der Waals surface area contributed by atoms with Crippen molar-refractivity contribution in [3.8, 4) is 0 Å². The Morgan fingerprint density at radius 2 is 1.41 bits per heavy atom. The molecule has 2 heteroatoms. The zero-order valence-electron chi connectivity index (χ0n) is 12.1. The van der Waals surface area contributed by atoms with Gasteiger partial charge < -0.3 is 4.79 Å². The summed E-state index contributed by atoms with van der Waals surface area (Å²) >= 11 is 0. The fourth-order valence-electron chi connectivity index (χ4n) is 0.925. The number of aryl methyl sites for hydroxylation is 3. The van der Waals surface area contributed by atoms with E-state index in [4.69, 9.17) is 0 Å². The van der Waals surface area contributed by atoms with Crippen molar-refractivity contribution in [1.29, 1.82) is 0 Å². The van der Waals surface area contributed by atoms with Crippen LogP contribution in [0.4, 0.5) is 4.39 Å². The van der Waals surface area contributed by atoms with Gasteiger partial charge in [0.25, 0.3) is 0 Å². The summed E-state index contributed by atoms with van der Waals surface area (Å²) in [5.74, 6) is 0.146. The number of halogens is 1. The Balaban J connectivity index is 0. The molecule has 0 N–H and O–H groups in total. The second-order valence-corrected chi connectivity index (χ2v) is 3.74. The Morgan fingerprint density at radius 3 is 1.71 bits per heavy atom. The van der Waals surface area contributed by atoms with Gasteiger partial charge in [-0.1, -0.05) is 26.8 Å². The number of carbonyl (C=O) groups excluding carboxylic acids is 1. The predicted octanol–water partition coefficient (Wildman–Crippen LogP) is 4.76. The van der Waals surface area contributed by atoms with E-state index in [0.29, 0.717) is 6.42 Å². The van der Waals surface area contributed by atoms with Crippen LogP contribution in [0.1, 0.15) is 50.8 Å². The van der Waals surface area contributed by atoms with Crippen molar-refractivity contribution >= 4 is 5.78 Å². The van der Waals surface area contributed by atoms with Gasteiger partial charge in [-0.3, -0.25) is 0 Å². The third kappa shape index (κ3) is 8.61. The molecule has 0 saturated carbocycles. The van der Waals surface area contributed by atoms with Crippen molar-refractivity contribution < 1.29 is 9.18 Å².